The molecular weight excluding hydrogens is 569 g/mol. The van der Waals surface area contributed by atoms with E-state index in [0.29, 0.717) is 30.6 Å². The molecule has 0 aliphatic heterocycles. The molecule has 0 radical (unpaired) electrons. The van der Waals surface area contributed by atoms with Gasteiger partial charge in [0.2, 0.25) is 5.95 Å². The van der Waals surface area contributed by atoms with Gasteiger partial charge in [0.25, 0.3) is 5.56 Å². The van der Waals surface area contributed by atoms with Crippen LogP contribution in [0.1, 0.15) is 116 Å². The molecule has 0 spiro atoms. The standard InChI is InChI=1S/C31H58N5O6P/c1-3-5-6-7-8-9-10-11-12-13-14-15-16-17-19-40-20-18-21-42-43(39,41-4-2)25-27(37)24-33-22-26-23-34-29-28(26)35-31(32)36-30(29)38/h23,27,33-34,37H,3-22,24-25H2,1-2H3,(H3,32,35,36,38)/t27-,43?/m1/s1. The number of hydrogen-bond donors (Lipinski definition) is 5. The van der Waals surface area contributed by atoms with Crippen LogP contribution in [0, 0.1) is 0 Å². The van der Waals surface area contributed by atoms with Gasteiger partial charge >= 0.3 is 7.60 Å². The average Bonchev–Trinajstić information content (AvgIpc) is 3.37. The molecule has 2 heterocycles. The Morgan fingerprint density at radius 1 is 0.907 bits per heavy atom. The van der Waals surface area contributed by atoms with Gasteiger partial charge in [-0.1, -0.05) is 90.4 Å². The molecule has 1 unspecified atom stereocenters. The Labute approximate surface area is 258 Å². The zero-order valence-corrected chi connectivity index (χ0v) is 27.6. The number of ether oxygens (including phenoxy) is 1. The zero-order chi connectivity index (χ0) is 31.2. The summed E-state index contributed by atoms with van der Waals surface area (Å²) in [5, 5.41) is 13.6. The second-order valence-corrected chi connectivity index (χ2v) is 13.5. The molecule has 248 valence electrons. The molecule has 11 nitrogen and oxygen atoms in total. The molecule has 2 atom stereocenters. The number of anilines is 1. The predicted molar refractivity (Wildman–Crippen MR) is 175 cm³/mol. The molecule has 0 aromatic carbocycles. The van der Waals surface area contributed by atoms with Gasteiger partial charge < -0.3 is 34.9 Å². The number of nitrogens with one attached hydrogen (secondary N) is 3. The Hall–Kier alpha value is -1.75. The highest BCUT2D eigenvalue weighted by atomic mass is 31.2. The number of aromatic amines is 2. The van der Waals surface area contributed by atoms with Gasteiger partial charge in [-0.05, 0) is 19.8 Å². The number of hydrogen-bond acceptors (Lipinski definition) is 9. The highest BCUT2D eigenvalue weighted by molar-refractivity contribution is 7.53. The van der Waals surface area contributed by atoms with E-state index >= 15 is 0 Å². The lowest BCUT2D eigenvalue weighted by Gasteiger charge is -2.21. The largest absolute Gasteiger partial charge is 0.391 e. The minimum atomic E-state index is -3.45. The molecule has 2 aromatic heterocycles. The third-order valence-corrected chi connectivity index (χ3v) is 9.55. The lowest BCUT2D eigenvalue weighted by molar-refractivity contribution is 0.109. The smallest absolute Gasteiger partial charge is 0.333 e. The van der Waals surface area contributed by atoms with E-state index in [9.17, 15) is 14.5 Å². The summed E-state index contributed by atoms with van der Waals surface area (Å²) >= 11 is 0. The van der Waals surface area contributed by atoms with Crippen molar-refractivity contribution in [2.45, 2.75) is 123 Å². The Morgan fingerprint density at radius 3 is 2.14 bits per heavy atom. The van der Waals surface area contributed by atoms with Gasteiger partial charge in [-0.25, -0.2) is 4.98 Å². The van der Waals surface area contributed by atoms with E-state index in [1.54, 1.807) is 13.1 Å². The van der Waals surface area contributed by atoms with Gasteiger partial charge in [0.05, 0.1) is 25.5 Å². The van der Waals surface area contributed by atoms with Crippen LogP contribution in [-0.2, 0) is 24.9 Å². The van der Waals surface area contributed by atoms with Gasteiger partial charge in [0.15, 0.2) is 0 Å². The maximum Gasteiger partial charge on any atom is 0.333 e. The predicted octanol–water partition coefficient (Wildman–Crippen LogP) is 6.42. The maximum atomic E-state index is 13.1. The summed E-state index contributed by atoms with van der Waals surface area (Å²) in [5.41, 5.74) is 6.84. The lowest BCUT2D eigenvalue weighted by Crippen LogP contribution is -2.29. The summed E-state index contributed by atoms with van der Waals surface area (Å²) in [6.07, 6.45) is 19.9. The summed E-state index contributed by atoms with van der Waals surface area (Å²) < 4.78 is 29.8. The summed E-state index contributed by atoms with van der Waals surface area (Å²) in [7, 11) is -3.45. The van der Waals surface area contributed by atoms with Crippen molar-refractivity contribution in [3.63, 3.8) is 0 Å². The SMILES string of the molecule is CCCCCCCCCCCCCCCCOCCCOP(=O)(C[C@H](O)CNCc1c[nH]c2c(=O)[nH]c(N)nc12)OCC. The van der Waals surface area contributed by atoms with Crippen molar-refractivity contribution in [2.24, 2.45) is 0 Å². The Balaban J connectivity index is 1.47. The fourth-order valence-electron chi connectivity index (χ4n) is 5.12. The molecule has 6 N–H and O–H groups in total. The Kier molecular flexibility index (Phi) is 19.8. The number of nitrogen functional groups attached to an aromatic ring is 1. The number of aliphatic hydroxyl groups is 1. The van der Waals surface area contributed by atoms with Crippen molar-refractivity contribution >= 4 is 24.6 Å². The van der Waals surface area contributed by atoms with E-state index < -0.39 is 13.7 Å². The molecule has 0 saturated carbocycles. The third kappa shape index (κ3) is 16.2. The van der Waals surface area contributed by atoms with E-state index in [0.717, 1.165) is 18.6 Å². The zero-order valence-electron chi connectivity index (χ0n) is 26.7. The molecular formula is C31H58N5O6P. The van der Waals surface area contributed by atoms with Gasteiger partial charge in [-0.2, -0.15) is 0 Å². The van der Waals surface area contributed by atoms with Crippen molar-refractivity contribution in [1.82, 2.24) is 20.3 Å². The fraction of sp³-hybridized carbons (Fsp3) is 0.806. The molecule has 0 bridgehead atoms. The van der Waals surface area contributed by atoms with Crippen LogP contribution in [0.4, 0.5) is 5.95 Å². The van der Waals surface area contributed by atoms with Gasteiger partial charge in [-0.15, -0.1) is 0 Å². The van der Waals surface area contributed by atoms with Crippen molar-refractivity contribution in [3.05, 3.63) is 22.1 Å². The topological polar surface area (TPSA) is 165 Å². The molecule has 12 heteroatoms. The lowest BCUT2D eigenvalue weighted by atomic mass is 10.0. The maximum absolute atomic E-state index is 13.1. The van der Waals surface area contributed by atoms with Crippen LogP contribution in [0.5, 0.6) is 0 Å². The van der Waals surface area contributed by atoms with Crippen LogP contribution in [0.15, 0.2) is 11.0 Å². The Bertz CT molecular complexity index is 1090. The summed E-state index contributed by atoms with van der Waals surface area (Å²) in [4.78, 5) is 21.5. The van der Waals surface area contributed by atoms with Crippen LogP contribution in [0.25, 0.3) is 11.0 Å². The molecule has 2 aromatic rings. The van der Waals surface area contributed by atoms with Crippen molar-refractivity contribution in [3.8, 4) is 0 Å². The van der Waals surface area contributed by atoms with Crippen LogP contribution in [-0.4, -0.2) is 65.3 Å². The molecule has 43 heavy (non-hydrogen) atoms. The van der Waals surface area contributed by atoms with Crippen LogP contribution < -0.4 is 16.6 Å². The van der Waals surface area contributed by atoms with Crippen molar-refractivity contribution in [2.75, 3.05) is 44.9 Å². The van der Waals surface area contributed by atoms with E-state index in [-0.39, 0.29) is 37.4 Å². The monoisotopic (exact) mass is 627 g/mol. The first-order valence-corrected chi connectivity index (χ1v) is 18.3. The molecule has 0 fully saturated rings. The second-order valence-electron chi connectivity index (χ2n) is 11.4. The third-order valence-electron chi connectivity index (χ3n) is 7.45. The first kappa shape index (κ1) is 37.4. The minimum absolute atomic E-state index is 0.0356. The van der Waals surface area contributed by atoms with Crippen molar-refractivity contribution in [1.29, 1.82) is 0 Å². The number of aromatic nitrogens is 3. The normalized spacial score (nSPS) is 13.9. The van der Waals surface area contributed by atoms with Gasteiger partial charge in [0.1, 0.15) is 11.0 Å². The Morgan fingerprint density at radius 2 is 1.51 bits per heavy atom. The fourth-order valence-corrected chi connectivity index (χ4v) is 6.85. The highest BCUT2D eigenvalue weighted by Crippen LogP contribution is 2.48. The molecule has 0 aliphatic carbocycles. The minimum Gasteiger partial charge on any atom is -0.391 e. The number of unbranched alkanes of at least 4 members (excludes halogenated alkanes) is 13. The molecule has 0 aliphatic rings. The van der Waals surface area contributed by atoms with Crippen LogP contribution in [0.2, 0.25) is 0 Å². The first-order chi connectivity index (χ1) is 20.9. The number of nitrogens with zero attached hydrogens (tertiary/aromatic N) is 1. The van der Waals surface area contributed by atoms with E-state index in [1.165, 1.54) is 83.5 Å². The summed E-state index contributed by atoms with van der Waals surface area (Å²) in [5.74, 6) is 0.0356. The first-order valence-electron chi connectivity index (χ1n) is 16.6. The summed E-state index contributed by atoms with van der Waals surface area (Å²) in [6, 6.07) is 0. The van der Waals surface area contributed by atoms with Crippen LogP contribution >= 0.6 is 7.60 Å². The molecule has 2 rings (SSSR count). The second kappa shape index (κ2) is 22.7. The number of nitrogens with two attached hydrogens (primary N) is 1. The highest BCUT2D eigenvalue weighted by Gasteiger charge is 2.28. The average molecular weight is 628 g/mol. The van der Waals surface area contributed by atoms with E-state index in [1.807, 2.05) is 0 Å². The van der Waals surface area contributed by atoms with E-state index in [2.05, 4.69) is 27.2 Å². The number of fused-ring (bicyclic) bond motifs is 1. The van der Waals surface area contributed by atoms with Gasteiger partial charge in [0, 0.05) is 38.1 Å². The van der Waals surface area contributed by atoms with Crippen molar-refractivity contribution < 1.29 is 23.5 Å². The number of H-pyrrole nitrogens is 2. The summed E-state index contributed by atoms with van der Waals surface area (Å²) in [6.45, 7) is 6.26. The van der Waals surface area contributed by atoms with E-state index in [4.69, 9.17) is 19.5 Å². The number of aliphatic hydroxyl groups excluding tert-OH is 1. The quantitative estimate of drug-likeness (QED) is 0.0529. The number of rotatable bonds is 28. The molecule has 0 amide bonds. The van der Waals surface area contributed by atoms with Crippen LogP contribution in [0.3, 0.4) is 0 Å². The molecule has 0 saturated heterocycles. The van der Waals surface area contributed by atoms with Gasteiger partial charge in [-0.3, -0.25) is 14.3 Å².